The Bertz CT molecular complexity index is 1280. The quantitative estimate of drug-likeness (QED) is 0.506. The van der Waals surface area contributed by atoms with E-state index in [-0.39, 0.29) is 18.6 Å². The van der Waals surface area contributed by atoms with Gasteiger partial charge in [0.1, 0.15) is 5.75 Å². The monoisotopic (exact) mass is 459 g/mol. The van der Waals surface area contributed by atoms with Crippen LogP contribution in [0.2, 0.25) is 0 Å². The van der Waals surface area contributed by atoms with Gasteiger partial charge < -0.3 is 9.47 Å². The van der Waals surface area contributed by atoms with Crippen molar-refractivity contribution in [2.45, 2.75) is 19.4 Å². The molecule has 1 aromatic heterocycles. The van der Waals surface area contributed by atoms with Crippen LogP contribution in [0.15, 0.2) is 76.1 Å². The molecule has 2 aromatic carbocycles. The molecule has 7 heteroatoms. The molecule has 6 nitrogen and oxygen atoms in total. The summed E-state index contributed by atoms with van der Waals surface area (Å²) in [6.07, 6.45) is 2.25. The number of benzene rings is 2. The van der Waals surface area contributed by atoms with Crippen LogP contribution in [-0.4, -0.2) is 36.6 Å². The summed E-state index contributed by atoms with van der Waals surface area (Å²) in [4.78, 5) is 17.6. The molecule has 2 heterocycles. The number of methoxy groups -OCH3 is 1. The summed E-state index contributed by atoms with van der Waals surface area (Å²) in [5.74, 6) is 0.898. The molecule has 1 amide bonds. The number of hydrogen-bond acceptors (Lipinski definition) is 6. The number of amides is 1. The van der Waals surface area contributed by atoms with Crippen molar-refractivity contribution in [2.24, 2.45) is 10.1 Å². The number of carbonyl (C=O) groups is 1. The van der Waals surface area contributed by atoms with Crippen molar-refractivity contribution in [3.8, 4) is 5.75 Å². The fourth-order valence-corrected chi connectivity index (χ4v) is 4.31. The van der Waals surface area contributed by atoms with E-state index in [1.54, 1.807) is 20.2 Å². The molecule has 0 spiro atoms. The van der Waals surface area contributed by atoms with Crippen molar-refractivity contribution < 1.29 is 14.3 Å². The number of hydrazone groups is 1. The van der Waals surface area contributed by atoms with Gasteiger partial charge in [-0.1, -0.05) is 49.0 Å². The fourth-order valence-electron chi connectivity index (χ4n) is 3.66. The van der Waals surface area contributed by atoms with Crippen LogP contribution in [0.5, 0.6) is 5.75 Å². The molecule has 0 aliphatic carbocycles. The first-order valence-electron chi connectivity index (χ1n) is 10.6. The van der Waals surface area contributed by atoms with Gasteiger partial charge in [0.15, 0.2) is 6.61 Å². The van der Waals surface area contributed by atoms with Crippen LogP contribution in [0.25, 0.3) is 12.5 Å². The molecule has 0 bridgehead atoms. The highest BCUT2D eigenvalue weighted by Crippen LogP contribution is 2.33. The van der Waals surface area contributed by atoms with Gasteiger partial charge in [0.25, 0.3) is 5.91 Å². The predicted molar refractivity (Wildman–Crippen MR) is 133 cm³/mol. The maximum absolute atomic E-state index is 13.3. The second-order valence-electron chi connectivity index (χ2n) is 7.38. The van der Waals surface area contributed by atoms with Crippen molar-refractivity contribution in [1.29, 1.82) is 0 Å². The average Bonchev–Trinajstić information content (AvgIpc) is 3.49. The first-order valence-corrected chi connectivity index (χ1v) is 11.5. The maximum atomic E-state index is 13.3. The molecule has 0 N–H and O–H groups in total. The zero-order valence-corrected chi connectivity index (χ0v) is 19.4. The van der Waals surface area contributed by atoms with Crippen LogP contribution in [-0.2, 0) is 9.53 Å². The highest BCUT2D eigenvalue weighted by molar-refractivity contribution is 7.07. The summed E-state index contributed by atoms with van der Waals surface area (Å²) in [6.45, 7) is 5.64. The summed E-state index contributed by atoms with van der Waals surface area (Å²) >= 11 is 1.50. The Morgan fingerprint density at radius 1 is 1.21 bits per heavy atom. The summed E-state index contributed by atoms with van der Waals surface area (Å²) in [5, 5.41) is 8.92. The third-order valence-corrected chi connectivity index (χ3v) is 6.10. The maximum Gasteiger partial charge on any atom is 0.281 e. The lowest BCUT2D eigenvalue weighted by atomic mass is 9.98. The molecule has 1 aliphatic heterocycles. The highest BCUT2D eigenvalue weighted by Gasteiger charge is 2.33. The smallest absolute Gasteiger partial charge is 0.281 e. The topological polar surface area (TPSA) is 63.5 Å². The molecule has 3 aromatic rings. The Labute approximate surface area is 196 Å². The Kier molecular flexibility index (Phi) is 7.00. The van der Waals surface area contributed by atoms with Crippen LogP contribution in [0, 0.1) is 0 Å². The van der Waals surface area contributed by atoms with Crippen molar-refractivity contribution in [3.05, 3.63) is 86.9 Å². The van der Waals surface area contributed by atoms with E-state index in [0.717, 1.165) is 32.3 Å². The first kappa shape index (κ1) is 22.5. The van der Waals surface area contributed by atoms with Crippen molar-refractivity contribution in [3.63, 3.8) is 0 Å². The van der Waals surface area contributed by atoms with E-state index in [4.69, 9.17) is 14.6 Å². The largest absolute Gasteiger partial charge is 0.497 e. The minimum Gasteiger partial charge on any atom is -0.497 e. The molecule has 0 radical (unpaired) electrons. The van der Waals surface area contributed by atoms with E-state index in [0.29, 0.717) is 12.3 Å². The van der Waals surface area contributed by atoms with Crippen LogP contribution in [0.3, 0.4) is 0 Å². The Hall–Kier alpha value is -3.71. The lowest BCUT2D eigenvalue weighted by Crippen LogP contribution is -2.31. The van der Waals surface area contributed by atoms with Gasteiger partial charge in [0.05, 0.1) is 24.1 Å². The summed E-state index contributed by atoms with van der Waals surface area (Å²) < 4.78 is 12.0. The summed E-state index contributed by atoms with van der Waals surface area (Å²) in [6, 6.07) is 19.3. The molecule has 0 saturated carbocycles. The van der Waals surface area contributed by atoms with Gasteiger partial charge in [-0.25, -0.2) is 10.0 Å². The average molecular weight is 460 g/mol. The van der Waals surface area contributed by atoms with E-state index in [1.165, 1.54) is 16.3 Å². The summed E-state index contributed by atoms with van der Waals surface area (Å²) in [5.41, 5.74) is 2.83. The lowest BCUT2D eigenvalue weighted by molar-refractivity contribution is -0.135. The van der Waals surface area contributed by atoms with E-state index in [9.17, 15) is 4.79 Å². The number of thiophene rings is 1. The number of rotatable bonds is 7. The number of nitrogens with zero attached hydrogens (tertiary/aromatic N) is 3. The summed E-state index contributed by atoms with van der Waals surface area (Å²) in [7, 11) is 1.63. The number of aliphatic imine (C=N–C) groups is 1. The van der Waals surface area contributed by atoms with Gasteiger partial charge in [0.2, 0.25) is 5.88 Å². The zero-order valence-electron chi connectivity index (χ0n) is 18.6. The number of hydrogen-bond donors (Lipinski definition) is 0. The van der Waals surface area contributed by atoms with Gasteiger partial charge in [0, 0.05) is 17.2 Å². The van der Waals surface area contributed by atoms with Gasteiger partial charge >= 0.3 is 0 Å². The SMILES string of the molecule is C=c1scc/c1=C(/N=CC)OCC(=O)N1N=C(c2ccccc2)C[C@H]1c1ccc(OC)cc1. The second-order valence-corrected chi connectivity index (χ2v) is 8.38. The predicted octanol–water partition coefficient (Wildman–Crippen LogP) is 3.72. The number of carbonyl (C=O) groups excluding carboxylic acids is 1. The van der Waals surface area contributed by atoms with Gasteiger partial charge in [-0.05, 0) is 41.6 Å². The Morgan fingerprint density at radius 3 is 2.61 bits per heavy atom. The first-order chi connectivity index (χ1) is 16.1. The molecule has 0 fully saturated rings. The third kappa shape index (κ3) is 5.04. The molecule has 4 rings (SSSR count). The number of ether oxygens (including phenoxy) is 2. The van der Waals surface area contributed by atoms with E-state index < -0.39 is 0 Å². The standard InChI is InChI=1S/C26H25N3O3S/c1-4-27-26(22-14-15-33-18(22)2)32-17-25(30)29-24(20-10-12-21(31-3)13-11-20)16-23(28-29)19-8-6-5-7-9-19/h4-15,24H,2,16-17H2,1,3H3/b26-22+,27-4?/t24-/m0/s1. The third-order valence-electron chi connectivity index (χ3n) is 5.33. The van der Waals surface area contributed by atoms with Crippen LogP contribution >= 0.6 is 11.3 Å². The lowest BCUT2D eigenvalue weighted by Gasteiger charge is -2.22. The molecular formula is C26H25N3O3S. The molecule has 1 aliphatic rings. The van der Waals surface area contributed by atoms with E-state index >= 15 is 0 Å². The minimum atomic E-state index is -0.244. The second kappa shape index (κ2) is 10.3. The minimum absolute atomic E-state index is 0.180. The van der Waals surface area contributed by atoms with Gasteiger partial charge in [-0.2, -0.15) is 5.10 Å². The highest BCUT2D eigenvalue weighted by atomic mass is 32.1. The van der Waals surface area contributed by atoms with Crippen LogP contribution in [0.1, 0.15) is 30.5 Å². The molecule has 33 heavy (non-hydrogen) atoms. The van der Waals surface area contributed by atoms with Crippen LogP contribution in [0.4, 0.5) is 0 Å². The van der Waals surface area contributed by atoms with Crippen LogP contribution < -0.4 is 14.5 Å². The molecule has 1 atom stereocenters. The Morgan fingerprint density at radius 2 is 1.97 bits per heavy atom. The van der Waals surface area contributed by atoms with E-state index in [2.05, 4.69) is 11.6 Å². The van der Waals surface area contributed by atoms with Gasteiger partial charge in [-0.15, -0.1) is 11.3 Å². The van der Waals surface area contributed by atoms with Gasteiger partial charge in [-0.3, -0.25) is 4.79 Å². The van der Waals surface area contributed by atoms with Crippen molar-refractivity contribution in [2.75, 3.05) is 13.7 Å². The fraction of sp³-hybridized carbons (Fsp3) is 0.192. The molecular weight excluding hydrogens is 434 g/mol. The van der Waals surface area contributed by atoms with E-state index in [1.807, 2.05) is 66.0 Å². The van der Waals surface area contributed by atoms with Crippen molar-refractivity contribution in [1.82, 2.24) is 5.01 Å². The molecule has 0 saturated heterocycles. The zero-order chi connectivity index (χ0) is 23.2. The van der Waals surface area contributed by atoms with Crippen molar-refractivity contribution >= 4 is 41.6 Å². The Balaban J connectivity index is 1.62. The molecule has 0 unspecified atom stereocenters. The normalized spacial score (nSPS) is 16.6. The molecule has 168 valence electrons.